The maximum atomic E-state index is 13.0. The molecule has 1 spiro atoms. The summed E-state index contributed by atoms with van der Waals surface area (Å²) < 4.78 is 11.3. The number of methoxy groups -OCH3 is 1. The highest BCUT2D eigenvalue weighted by molar-refractivity contribution is 5.91. The third-order valence-corrected chi connectivity index (χ3v) is 6.15. The van der Waals surface area contributed by atoms with Gasteiger partial charge in [0.15, 0.2) is 5.75 Å². The van der Waals surface area contributed by atoms with E-state index in [0.717, 1.165) is 17.0 Å². The van der Waals surface area contributed by atoms with Gasteiger partial charge in [-0.15, -0.1) is 0 Å². The molecule has 0 radical (unpaired) electrons. The molecule has 0 bridgehead atoms. The van der Waals surface area contributed by atoms with E-state index in [9.17, 15) is 4.79 Å². The van der Waals surface area contributed by atoms with Crippen LogP contribution in [0.1, 0.15) is 18.4 Å². The highest BCUT2D eigenvalue weighted by atomic mass is 16.7. The number of para-hydroxylation sites is 3. The largest absolute Gasteiger partial charge is 0.497 e. The first-order valence-electron chi connectivity index (χ1n) is 11.3. The van der Waals surface area contributed by atoms with Gasteiger partial charge in [0.25, 0.3) is 0 Å². The van der Waals surface area contributed by atoms with Crippen LogP contribution in [0.4, 0.5) is 10.5 Å². The van der Waals surface area contributed by atoms with Crippen molar-refractivity contribution in [3.8, 4) is 17.2 Å². The molecule has 2 heterocycles. The molecule has 0 saturated carbocycles. The molecule has 34 heavy (non-hydrogen) atoms. The number of rotatable bonds is 5. The average molecular weight is 458 g/mol. The van der Waals surface area contributed by atoms with Crippen LogP contribution in [0.2, 0.25) is 0 Å². The summed E-state index contributed by atoms with van der Waals surface area (Å²) >= 11 is 0. The van der Waals surface area contributed by atoms with Crippen molar-refractivity contribution in [1.82, 2.24) is 10.4 Å². The van der Waals surface area contributed by atoms with Gasteiger partial charge >= 0.3 is 6.03 Å². The fraction of sp³-hybridized carbons (Fsp3) is 0.222. The van der Waals surface area contributed by atoms with Crippen molar-refractivity contribution in [1.29, 1.82) is 0 Å². The molecule has 2 N–H and O–H groups in total. The van der Waals surface area contributed by atoms with Crippen molar-refractivity contribution < 1.29 is 19.1 Å². The van der Waals surface area contributed by atoms with Gasteiger partial charge < -0.3 is 19.7 Å². The third kappa shape index (κ3) is 4.70. The molecule has 3 aromatic rings. The maximum absolute atomic E-state index is 13.0. The average Bonchev–Trinajstić information content (AvgIpc) is 3.29. The molecule has 2 amide bonds. The van der Waals surface area contributed by atoms with Gasteiger partial charge in [0.1, 0.15) is 17.1 Å². The second-order valence-corrected chi connectivity index (χ2v) is 8.39. The molecule has 174 valence electrons. The molecule has 0 atom stereocenters. The van der Waals surface area contributed by atoms with Gasteiger partial charge in [-0.2, -0.15) is 0 Å². The van der Waals surface area contributed by atoms with Crippen molar-refractivity contribution in [3.05, 3.63) is 90.5 Å². The smallest absolute Gasteiger partial charge is 0.321 e. The first-order valence-corrected chi connectivity index (χ1v) is 11.3. The number of ether oxygens (including phenoxy) is 2. The number of carbonyl (C=O) groups is 1. The Balaban J connectivity index is 1.22. The van der Waals surface area contributed by atoms with Crippen LogP contribution in [0.25, 0.3) is 5.70 Å². The Hall–Kier alpha value is -3.97. The summed E-state index contributed by atoms with van der Waals surface area (Å²) in [6, 6.07) is 24.7. The Morgan fingerprint density at radius 1 is 0.971 bits per heavy atom. The second-order valence-electron chi connectivity index (χ2n) is 8.39. The zero-order valence-corrected chi connectivity index (χ0v) is 19.0. The number of likely N-dealkylation sites (tertiary alicyclic amines) is 1. The topological polar surface area (TPSA) is 72.1 Å². The summed E-state index contributed by atoms with van der Waals surface area (Å²) in [5, 5.41) is 3.00. The molecule has 0 aromatic heterocycles. The number of nitrogens with zero attached hydrogens (tertiary/aromatic N) is 1. The number of benzene rings is 3. The third-order valence-electron chi connectivity index (χ3n) is 6.15. The minimum Gasteiger partial charge on any atom is -0.497 e. The predicted molar refractivity (Wildman–Crippen MR) is 131 cm³/mol. The quantitative estimate of drug-likeness (QED) is 0.535. The first-order chi connectivity index (χ1) is 16.6. The van der Waals surface area contributed by atoms with Crippen molar-refractivity contribution in [3.63, 3.8) is 0 Å². The molecule has 2 aliphatic heterocycles. The number of piperidine rings is 1. The minimum atomic E-state index is -0.427. The zero-order valence-electron chi connectivity index (χ0n) is 19.0. The monoisotopic (exact) mass is 457 g/mol. The number of amides is 2. The normalized spacial score (nSPS) is 16.5. The molecular formula is C27H27N3O4. The van der Waals surface area contributed by atoms with Crippen LogP contribution >= 0.6 is 0 Å². The molecule has 7 heteroatoms. The summed E-state index contributed by atoms with van der Waals surface area (Å²) in [7, 11) is 1.65. The van der Waals surface area contributed by atoms with Crippen LogP contribution in [0.5, 0.6) is 17.2 Å². The molecule has 7 nitrogen and oxygen atoms in total. The predicted octanol–water partition coefficient (Wildman–Crippen LogP) is 5.43. The minimum absolute atomic E-state index is 0.151. The van der Waals surface area contributed by atoms with E-state index in [2.05, 4.69) is 16.9 Å². The van der Waals surface area contributed by atoms with Gasteiger partial charge in [0, 0.05) is 31.5 Å². The van der Waals surface area contributed by atoms with Gasteiger partial charge in [-0.05, 0) is 42.5 Å². The van der Waals surface area contributed by atoms with E-state index in [1.165, 1.54) is 0 Å². The summed E-state index contributed by atoms with van der Waals surface area (Å²) in [6.07, 6.45) is 3.52. The fourth-order valence-electron chi connectivity index (χ4n) is 4.21. The number of nitrogens with one attached hydrogen (secondary N) is 2. The summed E-state index contributed by atoms with van der Waals surface area (Å²) in [5.41, 5.74) is 5.20. The standard InChI is InChI=1S/C27H27N3O4/c1-32-22-11-7-8-20(18-22)24-19-27(34-29-24)14-16-30(17-15-27)26(31)28-23-12-5-6-13-25(23)33-21-9-3-2-4-10-21/h2-13,18-19,29H,14-17H2,1H3,(H,28,31). The lowest BCUT2D eigenvalue weighted by Crippen LogP contribution is -2.48. The molecule has 1 fully saturated rings. The van der Waals surface area contributed by atoms with E-state index < -0.39 is 5.60 Å². The van der Waals surface area contributed by atoms with Crippen LogP contribution in [0.3, 0.4) is 0 Å². The Kier molecular flexibility index (Phi) is 6.10. The fourth-order valence-corrected chi connectivity index (χ4v) is 4.21. The van der Waals surface area contributed by atoms with Gasteiger partial charge in [0.05, 0.1) is 18.5 Å². The Morgan fingerprint density at radius 2 is 1.71 bits per heavy atom. The first kappa shape index (κ1) is 21.9. The van der Waals surface area contributed by atoms with E-state index in [0.29, 0.717) is 43.1 Å². The summed E-state index contributed by atoms with van der Waals surface area (Å²) in [5.74, 6) is 2.11. The molecule has 2 aliphatic rings. The highest BCUT2D eigenvalue weighted by Crippen LogP contribution is 2.36. The SMILES string of the molecule is COc1cccc(C2=CC3(CCN(C(=O)Nc4ccccc4Oc4ccccc4)CC3)ON2)c1. The van der Waals surface area contributed by atoms with Crippen LogP contribution in [0.15, 0.2) is 84.9 Å². The van der Waals surface area contributed by atoms with Gasteiger partial charge in [-0.1, -0.05) is 42.5 Å². The number of hydrogen-bond acceptors (Lipinski definition) is 5. The van der Waals surface area contributed by atoms with E-state index in [-0.39, 0.29) is 6.03 Å². The number of anilines is 1. The van der Waals surface area contributed by atoms with Crippen molar-refractivity contribution >= 4 is 17.4 Å². The molecule has 0 unspecified atom stereocenters. The number of hydrogen-bond donors (Lipinski definition) is 2. The molecule has 3 aromatic carbocycles. The molecule has 5 rings (SSSR count). The summed E-state index contributed by atoms with van der Waals surface area (Å²) in [4.78, 5) is 20.8. The maximum Gasteiger partial charge on any atom is 0.321 e. The lowest BCUT2D eigenvalue weighted by Gasteiger charge is -2.36. The van der Waals surface area contributed by atoms with Crippen LogP contribution in [-0.2, 0) is 4.84 Å². The van der Waals surface area contributed by atoms with Crippen LogP contribution < -0.4 is 20.3 Å². The van der Waals surface area contributed by atoms with Crippen LogP contribution in [-0.4, -0.2) is 36.7 Å². The van der Waals surface area contributed by atoms with E-state index >= 15 is 0 Å². The summed E-state index contributed by atoms with van der Waals surface area (Å²) in [6.45, 7) is 1.16. The van der Waals surface area contributed by atoms with Gasteiger partial charge in [-0.25, -0.2) is 4.79 Å². The number of carbonyl (C=O) groups excluding carboxylic acids is 1. The van der Waals surface area contributed by atoms with E-state index in [4.69, 9.17) is 14.3 Å². The zero-order chi connectivity index (χ0) is 23.4. The number of hydroxylamine groups is 1. The van der Waals surface area contributed by atoms with Gasteiger partial charge in [-0.3, -0.25) is 10.3 Å². The highest BCUT2D eigenvalue weighted by Gasteiger charge is 2.40. The molecular weight excluding hydrogens is 430 g/mol. The second kappa shape index (κ2) is 9.49. The van der Waals surface area contributed by atoms with Crippen molar-refractivity contribution in [2.24, 2.45) is 0 Å². The van der Waals surface area contributed by atoms with E-state index in [1.54, 1.807) is 7.11 Å². The Morgan fingerprint density at radius 3 is 2.50 bits per heavy atom. The lowest BCUT2D eigenvalue weighted by atomic mass is 9.90. The Labute approximate surface area is 198 Å². The van der Waals surface area contributed by atoms with Crippen LogP contribution in [0, 0.1) is 0 Å². The lowest BCUT2D eigenvalue weighted by molar-refractivity contribution is -0.0634. The van der Waals surface area contributed by atoms with Crippen molar-refractivity contribution in [2.75, 3.05) is 25.5 Å². The Bertz CT molecular complexity index is 1190. The van der Waals surface area contributed by atoms with Gasteiger partial charge in [0.2, 0.25) is 0 Å². The molecule has 0 aliphatic carbocycles. The number of urea groups is 1. The van der Waals surface area contributed by atoms with Crippen molar-refractivity contribution in [2.45, 2.75) is 18.4 Å². The van der Waals surface area contributed by atoms with E-state index in [1.807, 2.05) is 83.8 Å². The molecule has 1 saturated heterocycles.